The number of nitrogens with zero attached hydrogens (tertiary/aromatic N) is 2. The fraction of sp³-hybridized carbons (Fsp3) is 0.273. The van der Waals surface area contributed by atoms with Gasteiger partial charge >= 0.3 is 0 Å². The van der Waals surface area contributed by atoms with E-state index in [9.17, 15) is 0 Å². The summed E-state index contributed by atoms with van der Waals surface area (Å²) in [5, 5.41) is 2.00. The molecule has 0 spiro atoms. The van der Waals surface area contributed by atoms with Crippen molar-refractivity contribution in [2.45, 2.75) is 6.42 Å². The minimum absolute atomic E-state index is 0.576. The summed E-state index contributed by atoms with van der Waals surface area (Å²) in [6, 6.07) is 3.98. The zero-order valence-electron chi connectivity index (χ0n) is 8.77. The average molecular weight is 234 g/mol. The minimum Gasteiger partial charge on any atom is -0.479 e. The Kier molecular flexibility index (Phi) is 2.25. The van der Waals surface area contributed by atoms with Crippen LogP contribution in [0.15, 0.2) is 17.5 Å². The van der Waals surface area contributed by atoms with E-state index in [-0.39, 0.29) is 0 Å². The van der Waals surface area contributed by atoms with Gasteiger partial charge in [0, 0.05) is 6.42 Å². The molecule has 2 aromatic heterocycles. The molecule has 0 bridgehead atoms. The first-order valence-corrected chi connectivity index (χ1v) is 5.88. The van der Waals surface area contributed by atoms with Crippen molar-refractivity contribution in [1.82, 2.24) is 9.97 Å². The third-order valence-corrected chi connectivity index (χ3v) is 3.30. The molecule has 3 heterocycles. The van der Waals surface area contributed by atoms with Crippen LogP contribution in [0.2, 0.25) is 0 Å². The Labute approximate surface area is 96.9 Å². The second kappa shape index (κ2) is 3.75. The van der Waals surface area contributed by atoms with Crippen molar-refractivity contribution in [2.24, 2.45) is 0 Å². The van der Waals surface area contributed by atoms with Crippen LogP contribution in [-0.2, 0) is 6.42 Å². The first kappa shape index (κ1) is 9.59. The van der Waals surface area contributed by atoms with E-state index in [0.717, 1.165) is 22.7 Å². The maximum atomic E-state index is 5.41. The first-order chi connectivity index (χ1) is 7.88. The normalized spacial score (nSPS) is 13.3. The highest BCUT2D eigenvalue weighted by atomic mass is 32.1. The number of hydrogen-bond acceptors (Lipinski definition) is 5. The Morgan fingerprint density at radius 2 is 2.38 bits per heavy atom. The molecule has 2 aromatic rings. The van der Waals surface area contributed by atoms with Crippen molar-refractivity contribution in [2.75, 3.05) is 13.7 Å². The highest BCUT2D eigenvalue weighted by molar-refractivity contribution is 7.13. The lowest BCUT2D eigenvalue weighted by Crippen LogP contribution is -1.97. The van der Waals surface area contributed by atoms with Gasteiger partial charge in [0.2, 0.25) is 11.8 Å². The molecule has 0 saturated carbocycles. The highest BCUT2D eigenvalue weighted by Gasteiger charge is 2.21. The molecule has 0 aliphatic carbocycles. The molecule has 1 aliphatic rings. The van der Waals surface area contributed by atoms with E-state index in [4.69, 9.17) is 9.47 Å². The molecule has 4 nitrogen and oxygen atoms in total. The lowest BCUT2D eigenvalue weighted by atomic mass is 10.3. The Bertz CT molecular complexity index is 511. The standard InChI is InChI=1S/C11H10N2O2S/c1-14-11-9(8-3-2-6-16-8)13-10-7(12-11)4-5-15-10/h2-3,6H,4-5H2,1H3. The predicted molar refractivity (Wildman–Crippen MR) is 61.1 cm³/mol. The van der Waals surface area contributed by atoms with Gasteiger partial charge in [-0.1, -0.05) is 6.07 Å². The monoisotopic (exact) mass is 234 g/mol. The number of methoxy groups -OCH3 is 1. The summed E-state index contributed by atoms with van der Waals surface area (Å²) in [5.74, 6) is 1.22. The largest absolute Gasteiger partial charge is 0.479 e. The first-order valence-electron chi connectivity index (χ1n) is 5.00. The zero-order chi connectivity index (χ0) is 11.0. The smallest absolute Gasteiger partial charge is 0.241 e. The van der Waals surface area contributed by atoms with Gasteiger partial charge in [0.1, 0.15) is 11.4 Å². The van der Waals surface area contributed by atoms with Crippen LogP contribution in [0.1, 0.15) is 5.69 Å². The number of hydrogen-bond donors (Lipinski definition) is 0. The molecule has 0 atom stereocenters. The van der Waals surface area contributed by atoms with Crippen LogP contribution in [0.4, 0.5) is 0 Å². The Hall–Kier alpha value is -1.62. The van der Waals surface area contributed by atoms with Gasteiger partial charge < -0.3 is 9.47 Å². The fourth-order valence-electron chi connectivity index (χ4n) is 1.68. The van der Waals surface area contributed by atoms with Gasteiger partial charge in [-0.3, -0.25) is 0 Å². The summed E-state index contributed by atoms with van der Waals surface area (Å²) in [7, 11) is 1.61. The molecule has 0 aromatic carbocycles. The summed E-state index contributed by atoms with van der Waals surface area (Å²) in [5.41, 5.74) is 1.65. The van der Waals surface area contributed by atoms with Gasteiger partial charge in [-0.25, -0.2) is 9.97 Å². The van der Waals surface area contributed by atoms with E-state index in [0.29, 0.717) is 18.4 Å². The molecule has 0 radical (unpaired) electrons. The maximum Gasteiger partial charge on any atom is 0.241 e. The molecule has 0 saturated heterocycles. The minimum atomic E-state index is 0.576. The third kappa shape index (κ3) is 1.44. The number of fused-ring (bicyclic) bond motifs is 1. The van der Waals surface area contributed by atoms with Crippen molar-refractivity contribution in [3.8, 4) is 22.3 Å². The Morgan fingerprint density at radius 3 is 3.12 bits per heavy atom. The van der Waals surface area contributed by atoms with Crippen molar-refractivity contribution in [1.29, 1.82) is 0 Å². The second-order valence-corrected chi connectivity index (χ2v) is 4.36. The van der Waals surface area contributed by atoms with Gasteiger partial charge in [-0.15, -0.1) is 11.3 Å². The van der Waals surface area contributed by atoms with Gasteiger partial charge in [0.15, 0.2) is 0 Å². The molecule has 5 heteroatoms. The number of aromatic nitrogens is 2. The van der Waals surface area contributed by atoms with Crippen LogP contribution in [0.3, 0.4) is 0 Å². The van der Waals surface area contributed by atoms with E-state index in [2.05, 4.69) is 9.97 Å². The molecule has 0 N–H and O–H groups in total. The zero-order valence-corrected chi connectivity index (χ0v) is 9.58. The SMILES string of the molecule is COc1nc2c(nc1-c1cccs1)OCC2. The lowest BCUT2D eigenvalue weighted by Gasteiger charge is -2.06. The lowest BCUT2D eigenvalue weighted by molar-refractivity contribution is 0.343. The topological polar surface area (TPSA) is 44.2 Å². The predicted octanol–water partition coefficient (Wildman–Crippen LogP) is 2.15. The van der Waals surface area contributed by atoms with Gasteiger partial charge in [-0.2, -0.15) is 0 Å². The highest BCUT2D eigenvalue weighted by Crippen LogP contribution is 2.34. The van der Waals surface area contributed by atoms with E-state index >= 15 is 0 Å². The molecule has 0 fully saturated rings. The molecule has 3 rings (SSSR count). The second-order valence-electron chi connectivity index (χ2n) is 3.41. The molecule has 0 unspecified atom stereocenters. The molecule has 0 amide bonds. The number of thiophene rings is 1. The molecular formula is C11H10N2O2S. The van der Waals surface area contributed by atoms with Crippen LogP contribution in [-0.4, -0.2) is 23.7 Å². The van der Waals surface area contributed by atoms with Crippen LogP contribution >= 0.6 is 11.3 Å². The quantitative estimate of drug-likeness (QED) is 0.798. The van der Waals surface area contributed by atoms with Crippen LogP contribution in [0, 0.1) is 0 Å². The summed E-state index contributed by atoms with van der Waals surface area (Å²) < 4.78 is 10.7. The summed E-state index contributed by atoms with van der Waals surface area (Å²) in [6.45, 7) is 0.659. The maximum absolute atomic E-state index is 5.41. The van der Waals surface area contributed by atoms with E-state index < -0.39 is 0 Å². The van der Waals surface area contributed by atoms with Gasteiger partial charge in [0.05, 0.1) is 18.6 Å². The van der Waals surface area contributed by atoms with Crippen molar-refractivity contribution < 1.29 is 9.47 Å². The third-order valence-electron chi connectivity index (χ3n) is 2.42. The summed E-state index contributed by atoms with van der Waals surface area (Å²) in [4.78, 5) is 9.94. The van der Waals surface area contributed by atoms with Crippen LogP contribution in [0.5, 0.6) is 11.8 Å². The van der Waals surface area contributed by atoms with Crippen LogP contribution < -0.4 is 9.47 Å². The number of ether oxygens (including phenoxy) is 2. The van der Waals surface area contributed by atoms with E-state index in [1.54, 1.807) is 18.4 Å². The molecule has 16 heavy (non-hydrogen) atoms. The summed E-state index contributed by atoms with van der Waals surface area (Å²) >= 11 is 1.61. The fourth-order valence-corrected chi connectivity index (χ4v) is 2.38. The molecule has 82 valence electrons. The van der Waals surface area contributed by atoms with E-state index in [1.165, 1.54) is 0 Å². The van der Waals surface area contributed by atoms with Gasteiger partial charge in [-0.05, 0) is 11.4 Å². The number of rotatable bonds is 2. The van der Waals surface area contributed by atoms with Crippen LogP contribution in [0.25, 0.3) is 10.6 Å². The van der Waals surface area contributed by atoms with E-state index in [1.807, 2.05) is 17.5 Å². The molecule has 1 aliphatic heterocycles. The van der Waals surface area contributed by atoms with Crippen molar-refractivity contribution in [3.05, 3.63) is 23.2 Å². The summed E-state index contributed by atoms with van der Waals surface area (Å²) in [6.07, 6.45) is 0.809. The van der Waals surface area contributed by atoms with Crippen molar-refractivity contribution >= 4 is 11.3 Å². The van der Waals surface area contributed by atoms with Crippen molar-refractivity contribution in [3.63, 3.8) is 0 Å². The van der Waals surface area contributed by atoms with Gasteiger partial charge in [0.25, 0.3) is 0 Å². The average Bonchev–Trinajstić information content (AvgIpc) is 2.97. The Morgan fingerprint density at radius 1 is 1.44 bits per heavy atom. The molecular weight excluding hydrogens is 224 g/mol. The Balaban J connectivity index is 2.17.